The van der Waals surface area contributed by atoms with Gasteiger partial charge in [-0.05, 0) is 35.6 Å². The lowest BCUT2D eigenvalue weighted by Crippen LogP contribution is -2.08. The molecule has 1 aromatic carbocycles. The van der Waals surface area contributed by atoms with Gasteiger partial charge in [-0.15, -0.1) is 0 Å². The van der Waals surface area contributed by atoms with Crippen LogP contribution in [0.25, 0.3) is 0 Å². The van der Waals surface area contributed by atoms with E-state index in [1.807, 2.05) is 6.07 Å². The molecule has 0 saturated heterocycles. The zero-order chi connectivity index (χ0) is 8.29. The van der Waals surface area contributed by atoms with E-state index in [1.54, 1.807) is 0 Å². The Kier molecular flexibility index (Phi) is 1.18. The molecule has 0 aromatic heterocycles. The summed E-state index contributed by atoms with van der Waals surface area (Å²) >= 11 is 5.89. The van der Waals surface area contributed by atoms with Gasteiger partial charge < -0.3 is 5.73 Å². The van der Waals surface area contributed by atoms with E-state index in [0.29, 0.717) is 12.0 Å². The van der Waals surface area contributed by atoms with Crippen LogP contribution in [0.5, 0.6) is 0 Å². The zero-order valence-electron chi connectivity index (χ0n) is 6.63. The molecule has 0 radical (unpaired) electrons. The maximum Gasteiger partial charge on any atom is 0.0408 e. The highest BCUT2D eigenvalue weighted by atomic mass is 35.5. The molecule has 0 aliphatic heterocycles. The van der Waals surface area contributed by atoms with Crippen molar-refractivity contribution in [1.29, 1.82) is 0 Å². The second-order valence-corrected chi connectivity index (χ2v) is 4.25. The standard InChI is InChI=1S/C10H10ClN/c11-6-1-2-7-5(3-6)4-8-9(7)10(8)12/h1-3,8-10H,4,12H2/t8-,9+,10+/m0/s1. The van der Waals surface area contributed by atoms with Crippen LogP contribution in [0.1, 0.15) is 17.0 Å². The van der Waals surface area contributed by atoms with Gasteiger partial charge in [0, 0.05) is 17.0 Å². The molecule has 1 aromatic rings. The lowest BCUT2D eigenvalue weighted by molar-refractivity contribution is 0.801. The summed E-state index contributed by atoms with van der Waals surface area (Å²) in [6.07, 6.45) is 1.14. The normalized spacial score (nSPS) is 36.0. The smallest absolute Gasteiger partial charge is 0.0408 e. The molecule has 0 unspecified atom stereocenters. The van der Waals surface area contributed by atoms with Gasteiger partial charge in [0.1, 0.15) is 0 Å². The summed E-state index contributed by atoms with van der Waals surface area (Å²) in [5.41, 5.74) is 8.75. The van der Waals surface area contributed by atoms with Crippen molar-refractivity contribution < 1.29 is 0 Å². The molecule has 0 amide bonds. The molecule has 3 rings (SSSR count). The van der Waals surface area contributed by atoms with Gasteiger partial charge in [0.05, 0.1) is 0 Å². The van der Waals surface area contributed by atoms with Gasteiger partial charge in [-0.3, -0.25) is 0 Å². The number of fused-ring (bicyclic) bond motifs is 3. The van der Waals surface area contributed by atoms with Crippen LogP contribution >= 0.6 is 11.6 Å². The third-order valence-electron chi connectivity index (χ3n) is 3.15. The van der Waals surface area contributed by atoms with E-state index in [2.05, 4.69) is 12.1 Å². The minimum absolute atomic E-state index is 0.429. The number of rotatable bonds is 0. The van der Waals surface area contributed by atoms with Crippen molar-refractivity contribution in [1.82, 2.24) is 0 Å². The van der Waals surface area contributed by atoms with Crippen LogP contribution in [0.15, 0.2) is 18.2 Å². The summed E-state index contributed by atoms with van der Waals surface area (Å²) in [6.45, 7) is 0. The SMILES string of the molecule is N[C@@H]1[C@H]2Cc3cc(Cl)ccc3[C@@H]12. The summed E-state index contributed by atoms with van der Waals surface area (Å²) in [4.78, 5) is 0. The molecule has 2 N–H and O–H groups in total. The highest BCUT2D eigenvalue weighted by Crippen LogP contribution is 2.55. The topological polar surface area (TPSA) is 26.0 Å². The number of nitrogens with two attached hydrogens (primary N) is 1. The molecule has 1 fully saturated rings. The van der Waals surface area contributed by atoms with Gasteiger partial charge in [0.25, 0.3) is 0 Å². The van der Waals surface area contributed by atoms with Crippen molar-refractivity contribution in [3.8, 4) is 0 Å². The fraction of sp³-hybridized carbons (Fsp3) is 0.400. The Morgan fingerprint density at radius 3 is 3.08 bits per heavy atom. The molecular weight excluding hydrogens is 170 g/mol. The van der Waals surface area contributed by atoms with Crippen molar-refractivity contribution in [2.75, 3.05) is 0 Å². The second kappa shape index (κ2) is 2.04. The summed E-state index contributed by atoms with van der Waals surface area (Å²) in [6, 6.07) is 6.61. The Labute approximate surface area is 76.5 Å². The van der Waals surface area contributed by atoms with E-state index < -0.39 is 0 Å². The van der Waals surface area contributed by atoms with Crippen LogP contribution in [0.3, 0.4) is 0 Å². The monoisotopic (exact) mass is 179 g/mol. The van der Waals surface area contributed by atoms with Gasteiger partial charge in [-0.1, -0.05) is 17.7 Å². The van der Waals surface area contributed by atoms with Gasteiger partial charge in [0.15, 0.2) is 0 Å². The van der Waals surface area contributed by atoms with Crippen molar-refractivity contribution in [3.63, 3.8) is 0 Å². The van der Waals surface area contributed by atoms with E-state index in [1.165, 1.54) is 11.1 Å². The average Bonchev–Trinajstić information content (AvgIpc) is 2.57. The Morgan fingerprint density at radius 2 is 2.25 bits per heavy atom. The van der Waals surface area contributed by atoms with Crippen LogP contribution in [0.4, 0.5) is 0 Å². The van der Waals surface area contributed by atoms with Gasteiger partial charge >= 0.3 is 0 Å². The molecule has 3 atom stereocenters. The van der Waals surface area contributed by atoms with E-state index in [4.69, 9.17) is 17.3 Å². The van der Waals surface area contributed by atoms with Crippen molar-refractivity contribution >= 4 is 11.6 Å². The maximum absolute atomic E-state index is 5.89. The highest BCUT2D eigenvalue weighted by molar-refractivity contribution is 6.30. The number of hydrogen-bond acceptors (Lipinski definition) is 1. The first-order chi connectivity index (χ1) is 5.77. The quantitative estimate of drug-likeness (QED) is 0.647. The van der Waals surface area contributed by atoms with Crippen molar-refractivity contribution in [2.45, 2.75) is 18.4 Å². The second-order valence-electron chi connectivity index (χ2n) is 3.81. The van der Waals surface area contributed by atoms with Crippen molar-refractivity contribution in [2.24, 2.45) is 11.7 Å². The molecule has 0 heterocycles. The molecule has 2 aliphatic rings. The average molecular weight is 180 g/mol. The van der Waals surface area contributed by atoms with Crippen LogP contribution < -0.4 is 5.73 Å². The summed E-state index contributed by atoms with van der Waals surface area (Å²) in [5.74, 6) is 1.37. The Morgan fingerprint density at radius 1 is 1.42 bits per heavy atom. The Bertz CT molecular complexity index is 348. The summed E-state index contributed by atoms with van der Waals surface area (Å²) in [7, 11) is 0. The summed E-state index contributed by atoms with van der Waals surface area (Å²) < 4.78 is 0. The molecule has 62 valence electrons. The number of halogens is 1. The van der Waals surface area contributed by atoms with Crippen LogP contribution in [0.2, 0.25) is 5.02 Å². The van der Waals surface area contributed by atoms with E-state index >= 15 is 0 Å². The fourth-order valence-electron chi connectivity index (χ4n) is 2.43. The largest absolute Gasteiger partial charge is 0.327 e. The number of benzene rings is 1. The molecule has 1 nitrogen and oxygen atoms in total. The minimum atomic E-state index is 0.429. The summed E-state index contributed by atoms with van der Waals surface area (Å²) in [5, 5.41) is 0.851. The van der Waals surface area contributed by atoms with Crippen LogP contribution in [0, 0.1) is 5.92 Å². The first kappa shape index (κ1) is 6.93. The van der Waals surface area contributed by atoms with E-state index in [9.17, 15) is 0 Å². The van der Waals surface area contributed by atoms with Crippen LogP contribution in [-0.4, -0.2) is 6.04 Å². The van der Waals surface area contributed by atoms with Gasteiger partial charge in [-0.25, -0.2) is 0 Å². The van der Waals surface area contributed by atoms with E-state index in [0.717, 1.165) is 17.4 Å². The Hall–Kier alpha value is -0.530. The molecule has 1 saturated carbocycles. The lowest BCUT2D eigenvalue weighted by Gasteiger charge is -2.04. The predicted octanol–water partition coefficient (Wildman–Crippen LogP) is 1.94. The van der Waals surface area contributed by atoms with Gasteiger partial charge in [0.2, 0.25) is 0 Å². The third kappa shape index (κ3) is 0.732. The first-order valence-electron chi connectivity index (χ1n) is 4.31. The van der Waals surface area contributed by atoms with E-state index in [-0.39, 0.29) is 0 Å². The van der Waals surface area contributed by atoms with Gasteiger partial charge in [-0.2, -0.15) is 0 Å². The lowest BCUT2D eigenvalue weighted by atomic mass is 10.1. The van der Waals surface area contributed by atoms with Crippen LogP contribution in [-0.2, 0) is 6.42 Å². The third-order valence-corrected chi connectivity index (χ3v) is 3.38. The molecule has 2 aliphatic carbocycles. The predicted molar refractivity (Wildman–Crippen MR) is 49.4 cm³/mol. The fourth-order valence-corrected chi connectivity index (χ4v) is 2.63. The molecule has 12 heavy (non-hydrogen) atoms. The zero-order valence-corrected chi connectivity index (χ0v) is 7.38. The number of hydrogen-bond donors (Lipinski definition) is 1. The van der Waals surface area contributed by atoms with Crippen molar-refractivity contribution in [3.05, 3.63) is 34.3 Å². The molecule has 2 heteroatoms. The first-order valence-corrected chi connectivity index (χ1v) is 4.69. The Balaban J connectivity index is 2.11. The minimum Gasteiger partial charge on any atom is -0.327 e. The molecule has 0 spiro atoms. The molecule has 0 bridgehead atoms. The molecular formula is C10H10ClN. The highest BCUT2D eigenvalue weighted by Gasteiger charge is 2.53. The maximum atomic E-state index is 5.89.